The molecule has 0 amide bonds. The van der Waals surface area contributed by atoms with Crippen molar-refractivity contribution in [1.29, 1.82) is 0 Å². The minimum atomic E-state index is -0.0666. The molecule has 1 saturated carbocycles. The first-order valence-electron chi connectivity index (χ1n) is 5.78. The Bertz CT molecular complexity index is 422. The van der Waals surface area contributed by atoms with Crippen molar-refractivity contribution in [3.63, 3.8) is 0 Å². The third kappa shape index (κ3) is 1.64. The summed E-state index contributed by atoms with van der Waals surface area (Å²) in [7, 11) is 0. The summed E-state index contributed by atoms with van der Waals surface area (Å²) in [6.45, 7) is 0. The number of carbonyl (C=O) groups is 1. The highest BCUT2D eigenvalue weighted by atomic mass is 16.5. The molecule has 2 nitrogen and oxygen atoms in total. The predicted molar refractivity (Wildman–Crippen MR) is 60.9 cm³/mol. The van der Waals surface area contributed by atoms with Crippen molar-refractivity contribution in [2.24, 2.45) is 17.8 Å². The Hall–Kier alpha value is -1.57. The Balaban J connectivity index is 1.69. The van der Waals surface area contributed by atoms with Crippen molar-refractivity contribution in [2.75, 3.05) is 0 Å². The van der Waals surface area contributed by atoms with Gasteiger partial charge in [0.05, 0.1) is 5.92 Å². The van der Waals surface area contributed by atoms with Crippen molar-refractivity contribution >= 4 is 5.97 Å². The van der Waals surface area contributed by atoms with Crippen LogP contribution >= 0.6 is 0 Å². The minimum absolute atomic E-state index is 0.0666. The number of fused-ring (bicyclic) bond motifs is 2. The van der Waals surface area contributed by atoms with E-state index in [0.29, 0.717) is 17.6 Å². The zero-order valence-electron chi connectivity index (χ0n) is 9.00. The Morgan fingerprint density at radius 2 is 1.94 bits per heavy atom. The van der Waals surface area contributed by atoms with E-state index in [4.69, 9.17) is 4.74 Å². The molecule has 3 rings (SSSR count). The van der Waals surface area contributed by atoms with Crippen LogP contribution in [0.2, 0.25) is 0 Å². The number of benzene rings is 1. The van der Waals surface area contributed by atoms with Gasteiger partial charge in [0, 0.05) is 0 Å². The lowest BCUT2D eigenvalue weighted by atomic mass is 9.94. The molecule has 2 aliphatic carbocycles. The number of rotatable bonds is 2. The van der Waals surface area contributed by atoms with E-state index in [2.05, 4.69) is 12.2 Å². The summed E-state index contributed by atoms with van der Waals surface area (Å²) >= 11 is 0. The molecule has 82 valence electrons. The first-order chi connectivity index (χ1) is 7.83. The van der Waals surface area contributed by atoms with Crippen molar-refractivity contribution < 1.29 is 9.53 Å². The van der Waals surface area contributed by atoms with Gasteiger partial charge in [0.25, 0.3) is 0 Å². The molecule has 0 aromatic heterocycles. The summed E-state index contributed by atoms with van der Waals surface area (Å²) in [5.41, 5.74) is 0. The van der Waals surface area contributed by atoms with E-state index in [-0.39, 0.29) is 11.9 Å². The molecule has 0 radical (unpaired) electrons. The zero-order valence-corrected chi connectivity index (χ0v) is 9.00. The van der Waals surface area contributed by atoms with Gasteiger partial charge in [0.15, 0.2) is 0 Å². The first kappa shape index (κ1) is 9.64. The molecule has 1 aromatic carbocycles. The monoisotopic (exact) mass is 214 g/mol. The van der Waals surface area contributed by atoms with Crippen LogP contribution in [0.5, 0.6) is 5.75 Å². The summed E-state index contributed by atoms with van der Waals surface area (Å²) in [5.74, 6) is 1.69. The van der Waals surface area contributed by atoms with Crippen molar-refractivity contribution in [3.8, 4) is 5.75 Å². The van der Waals surface area contributed by atoms with Crippen LogP contribution in [0.25, 0.3) is 0 Å². The summed E-state index contributed by atoms with van der Waals surface area (Å²) in [4.78, 5) is 11.9. The zero-order chi connectivity index (χ0) is 11.0. The number of hydrogen-bond donors (Lipinski definition) is 0. The van der Waals surface area contributed by atoms with Gasteiger partial charge in [-0.1, -0.05) is 30.4 Å². The molecule has 16 heavy (non-hydrogen) atoms. The van der Waals surface area contributed by atoms with Gasteiger partial charge in [0.2, 0.25) is 0 Å². The van der Waals surface area contributed by atoms with E-state index in [1.807, 2.05) is 30.3 Å². The third-order valence-corrected chi connectivity index (χ3v) is 3.54. The van der Waals surface area contributed by atoms with E-state index in [0.717, 1.165) is 12.8 Å². The lowest BCUT2D eigenvalue weighted by Gasteiger charge is -2.16. The standard InChI is InChI=1S/C14H14O2/c15-14(16-12-4-2-1-3-5-12)13-9-10-6-7-11(13)8-10/h1-7,10-11,13H,8-9H2/t10-,11+,13-/m1/s1. The Morgan fingerprint density at radius 3 is 2.56 bits per heavy atom. The lowest BCUT2D eigenvalue weighted by Crippen LogP contribution is -2.23. The molecule has 3 atom stereocenters. The fourth-order valence-electron chi connectivity index (χ4n) is 2.73. The summed E-state index contributed by atoms with van der Waals surface area (Å²) in [6.07, 6.45) is 6.50. The van der Waals surface area contributed by atoms with Gasteiger partial charge in [-0.2, -0.15) is 0 Å². The van der Waals surface area contributed by atoms with Crippen LogP contribution in [-0.2, 0) is 4.79 Å². The summed E-state index contributed by atoms with van der Waals surface area (Å²) in [5, 5.41) is 0. The van der Waals surface area contributed by atoms with Gasteiger partial charge in [-0.3, -0.25) is 4.79 Å². The Kier molecular flexibility index (Phi) is 2.28. The molecule has 2 heteroatoms. The van der Waals surface area contributed by atoms with E-state index in [1.165, 1.54) is 0 Å². The minimum Gasteiger partial charge on any atom is -0.426 e. The molecular weight excluding hydrogens is 200 g/mol. The topological polar surface area (TPSA) is 26.3 Å². The number of carbonyl (C=O) groups excluding carboxylic acids is 1. The quantitative estimate of drug-likeness (QED) is 0.430. The highest BCUT2D eigenvalue weighted by Gasteiger charge is 2.40. The molecule has 1 aromatic rings. The van der Waals surface area contributed by atoms with Gasteiger partial charge in [0.1, 0.15) is 5.75 Å². The molecule has 0 aliphatic heterocycles. The highest BCUT2D eigenvalue weighted by Crippen LogP contribution is 2.43. The predicted octanol–water partition coefficient (Wildman–Crippen LogP) is 2.80. The summed E-state index contributed by atoms with van der Waals surface area (Å²) < 4.78 is 5.38. The van der Waals surface area contributed by atoms with E-state index in [9.17, 15) is 4.79 Å². The number of para-hydroxylation sites is 1. The van der Waals surface area contributed by atoms with Gasteiger partial charge >= 0.3 is 5.97 Å². The Labute approximate surface area is 94.9 Å². The SMILES string of the molecule is O=C(Oc1ccccc1)[C@@H]1C[C@@H]2C=C[C@H]1C2. The maximum Gasteiger partial charge on any atom is 0.314 e. The molecule has 1 fully saturated rings. The highest BCUT2D eigenvalue weighted by molar-refractivity contribution is 5.76. The lowest BCUT2D eigenvalue weighted by molar-refractivity contribution is -0.139. The number of ether oxygens (including phenoxy) is 1. The first-order valence-corrected chi connectivity index (χ1v) is 5.78. The molecule has 0 saturated heterocycles. The molecule has 0 unspecified atom stereocenters. The van der Waals surface area contributed by atoms with Crippen LogP contribution in [-0.4, -0.2) is 5.97 Å². The van der Waals surface area contributed by atoms with E-state index in [1.54, 1.807) is 0 Å². The van der Waals surface area contributed by atoms with Gasteiger partial charge in [-0.05, 0) is 36.8 Å². The largest absolute Gasteiger partial charge is 0.426 e. The van der Waals surface area contributed by atoms with E-state index >= 15 is 0 Å². The fourth-order valence-corrected chi connectivity index (χ4v) is 2.73. The number of allylic oxidation sites excluding steroid dienone is 2. The third-order valence-electron chi connectivity index (χ3n) is 3.54. The van der Waals surface area contributed by atoms with Crippen LogP contribution in [0, 0.1) is 17.8 Å². The van der Waals surface area contributed by atoms with E-state index < -0.39 is 0 Å². The van der Waals surface area contributed by atoms with Gasteiger partial charge in [-0.25, -0.2) is 0 Å². The molecule has 0 spiro atoms. The average Bonchev–Trinajstić information content (AvgIpc) is 2.92. The molecule has 2 aliphatic rings. The number of esters is 1. The van der Waals surface area contributed by atoms with Crippen LogP contribution in [0.15, 0.2) is 42.5 Å². The van der Waals surface area contributed by atoms with Crippen molar-refractivity contribution in [1.82, 2.24) is 0 Å². The van der Waals surface area contributed by atoms with Gasteiger partial charge < -0.3 is 4.74 Å². The van der Waals surface area contributed by atoms with Crippen molar-refractivity contribution in [3.05, 3.63) is 42.5 Å². The second kappa shape index (κ2) is 3.78. The fraction of sp³-hybridized carbons (Fsp3) is 0.357. The number of hydrogen-bond acceptors (Lipinski definition) is 2. The second-order valence-electron chi connectivity index (χ2n) is 4.62. The average molecular weight is 214 g/mol. The van der Waals surface area contributed by atoms with Crippen LogP contribution in [0.4, 0.5) is 0 Å². The molecule has 2 bridgehead atoms. The second-order valence-corrected chi connectivity index (χ2v) is 4.62. The van der Waals surface area contributed by atoms with Crippen LogP contribution < -0.4 is 4.74 Å². The maximum absolute atomic E-state index is 11.9. The van der Waals surface area contributed by atoms with Gasteiger partial charge in [-0.15, -0.1) is 0 Å². The summed E-state index contributed by atoms with van der Waals surface area (Å²) in [6, 6.07) is 9.31. The molecular formula is C14H14O2. The molecule has 0 heterocycles. The van der Waals surface area contributed by atoms with Crippen molar-refractivity contribution in [2.45, 2.75) is 12.8 Å². The normalized spacial score (nSPS) is 30.6. The smallest absolute Gasteiger partial charge is 0.314 e. The maximum atomic E-state index is 11.9. The van der Waals surface area contributed by atoms with Crippen LogP contribution in [0.3, 0.4) is 0 Å². The Morgan fingerprint density at radius 1 is 1.12 bits per heavy atom. The molecule has 0 N–H and O–H groups in total. The van der Waals surface area contributed by atoms with Crippen LogP contribution in [0.1, 0.15) is 12.8 Å².